The van der Waals surface area contributed by atoms with Crippen LogP contribution in [-0.2, 0) is 0 Å². The number of hydrogen-bond acceptors (Lipinski definition) is 2. The average molecular weight is 700 g/mol. The molecule has 3 heteroatoms. The van der Waals surface area contributed by atoms with Crippen LogP contribution < -0.4 is 0 Å². The van der Waals surface area contributed by atoms with Gasteiger partial charge in [0.25, 0.3) is 0 Å². The van der Waals surface area contributed by atoms with Gasteiger partial charge in [0.2, 0.25) is 0 Å². The highest BCUT2D eigenvalue weighted by Crippen LogP contribution is 2.36. The maximum Gasteiger partial charge on any atom is 0.0979 e. The predicted octanol–water partition coefficient (Wildman–Crippen LogP) is 13.7. The molecular formula is C52H33N3. The van der Waals surface area contributed by atoms with Crippen LogP contribution in [0.3, 0.4) is 0 Å². The Balaban J connectivity index is 0.881. The average Bonchev–Trinajstić information content (AvgIpc) is 3.61. The van der Waals surface area contributed by atoms with Crippen molar-refractivity contribution in [1.82, 2.24) is 14.5 Å². The van der Waals surface area contributed by atoms with Crippen molar-refractivity contribution in [1.29, 1.82) is 0 Å². The summed E-state index contributed by atoms with van der Waals surface area (Å²) < 4.78 is 2.37. The normalized spacial score (nSPS) is 11.6. The number of benzene rings is 9. The summed E-state index contributed by atoms with van der Waals surface area (Å²) in [5.41, 5.74) is 14.4. The van der Waals surface area contributed by atoms with Gasteiger partial charge in [-0.1, -0.05) is 164 Å². The van der Waals surface area contributed by atoms with Crippen LogP contribution in [-0.4, -0.2) is 14.5 Å². The Kier molecular flexibility index (Phi) is 7.17. The molecule has 0 aliphatic heterocycles. The second kappa shape index (κ2) is 12.6. The van der Waals surface area contributed by atoms with E-state index in [1.54, 1.807) is 0 Å². The number of hydrogen-bond donors (Lipinski definition) is 0. The van der Waals surface area contributed by atoms with Crippen molar-refractivity contribution in [3.8, 4) is 50.3 Å². The monoisotopic (exact) mass is 699 g/mol. The second-order valence-corrected chi connectivity index (χ2v) is 14.2. The second-order valence-electron chi connectivity index (χ2n) is 14.2. The fourth-order valence-corrected chi connectivity index (χ4v) is 8.36. The molecule has 2 heterocycles. The molecule has 9 aromatic carbocycles. The molecule has 0 saturated carbocycles. The summed E-state index contributed by atoms with van der Waals surface area (Å²) in [5.74, 6) is 0. The molecule has 0 saturated heterocycles. The number of rotatable bonds is 5. The molecule has 0 N–H and O–H groups in total. The van der Waals surface area contributed by atoms with Crippen LogP contribution in [0.5, 0.6) is 0 Å². The Hall–Kier alpha value is -7.36. The molecule has 11 aromatic rings. The zero-order valence-electron chi connectivity index (χ0n) is 29.9. The molecular weight excluding hydrogens is 667 g/mol. The van der Waals surface area contributed by atoms with Crippen molar-refractivity contribution in [3.63, 3.8) is 0 Å². The van der Waals surface area contributed by atoms with E-state index in [-0.39, 0.29) is 0 Å². The van der Waals surface area contributed by atoms with E-state index >= 15 is 0 Å². The molecule has 0 atom stereocenters. The third-order valence-corrected chi connectivity index (χ3v) is 11.0. The van der Waals surface area contributed by atoms with E-state index in [2.05, 4.69) is 199 Å². The lowest BCUT2D eigenvalue weighted by Crippen LogP contribution is -1.94. The summed E-state index contributed by atoms with van der Waals surface area (Å²) in [5, 5.41) is 7.20. The standard InChI is InChI=1S/C52H33N3/c1-3-19-46-42(15-1)43-16-2-4-20-47(43)52-51(46)53-33-48(54-52)40-13-9-11-38(31-40)36-27-23-34(24-28-36)35-25-29-37(30-26-35)39-12-10-14-41(32-39)55-49-21-7-5-17-44(49)45-18-6-8-22-50(45)55/h1-33H. The third kappa shape index (κ3) is 5.20. The summed E-state index contributed by atoms with van der Waals surface area (Å²) in [7, 11) is 0. The van der Waals surface area contributed by atoms with Gasteiger partial charge in [0.1, 0.15) is 0 Å². The van der Waals surface area contributed by atoms with Gasteiger partial charge in [-0.05, 0) is 74.5 Å². The van der Waals surface area contributed by atoms with Gasteiger partial charge in [-0.15, -0.1) is 0 Å². The lowest BCUT2D eigenvalue weighted by atomic mass is 9.97. The summed E-state index contributed by atoms with van der Waals surface area (Å²) >= 11 is 0. The quantitative estimate of drug-likeness (QED) is 0.167. The van der Waals surface area contributed by atoms with E-state index < -0.39 is 0 Å². The first kappa shape index (κ1) is 31.2. The van der Waals surface area contributed by atoms with Crippen LogP contribution in [0.25, 0.3) is 105 Å². The Labute approximate surface area is 318 Å². The van der Waals surface area contributed by atoms with E-state index in [1.165, 1.54) is 54.8 Å². The molecule has 256 valence electrons. The molecule has 0 aliphatic carbocycles. The minimum atomic E-state index is 0.868. The van der Waals surface area contributed by atoms with Crippen LogP contribution in [0, 0.1) is 0 Å². The smallest absolute Gasteiger partial charge is 0.0979 e. The zero-order chi connectivity index (χ0) is 36.3. The molecule has 0 amide bonds. The molecule has 0 aliphatic rings. The maximum absolute atomic E-state index is 5.22. The van der Waals surface area contributed by atoms with Gasteiger partial charge in [-0.2, -0.15) is 0 Å². The van der Waals surface area contributed by atoms with Crippen LogP contribution in [0.4, 0.5) is 0 Å². The Bertz CT molecular complexity index is 3160. The van der Waals surface area contributed by atoms with Crippen molar-refractivity contribution in [2.24, 2.45) is 0 Å². The fourth-order valence-electron chi connectivity index (χ4n) is 8.36. The predicted molar refractivity (Wildman–Crippen MR) is 231 cm³/mol. The highest BCUT2D eigenvalue weighted by atomic mass is 15.0. The Morgan fingerprint density at radius 3 is 1.33 bits per heavy atom. The first-order valence-corrected chi connectivity index (χ1v) is 18.7. The van der Waals surface area contributed by atoms with Crippen molar-refractivity contribution in [3.05, 3.63) is 200 Å². The molecule has 0 spiro atoms. The summed E-state index contributed by atoms with van der Waals surface area (Å²) in [4.78, 5) is 10.2. The molecule has 55 heavy (non-hydrogen) atoms. The lowest BCUT2D eigenvalue weighted by molar-refractivity contribution is 1.18. The molecule has 0 radical (unpaired) electrons. The van der Waals surface area contributed by atoms with Gasteiger partial charge in [-0.3, -0.25) is 4.98 Å². The van der Waals surface area contributed by atoms with Crippen molar-refractivity contribution in [2.45, 2.75) is 0 Å². The maximum atomic E-state index is 5.22. The van der Waals surface area contributed by atoms with Gasteiger partial charge >= 0.3 is 0 Å². The molecule has 2 aromatic heterocycles. The minimum Gasteiger partial charge on any atom is -0.309 e. The fraction of sp³-hybridized carbons (Fsp3) is 0. The number of nitrogens with zero attached hydrogens (tertiary/aromatic N) is 3. The number of para-hydroxylation sites is 2. The van der Waals surface area contributed by atoms with Crippen molar-refractivity contribution < 1.29 is 0 Å². The first-order chi connectivity index (χ1) is 27.3. The molecule has 0 unspecified atom stereocenters. The van der Waals surface area contributed by atoms with Crippen LogP contribution in [0.15, 0.2) is 200 Å². The largest absolute Gasteiger partial charge is 0.309 e. The summed E-state index contributed by atoms with van der Waals surface area (Å²) in [6.45, 7) is 0. The summed E-state index contributed by atoms with van der Waals surface area (Å²) in [6.07, 6.45) is 1.91. The minimum absolute atomic E-state index is 0.868. The van der Waals surface area contributed by atoms with Crippen molar-refractivity contribution >= 4 is 54.4 Å². The molecule has 11 rings (SSSR count). The third-order valence-electron chi connectivity index (χ3n) is 11.0. The molecule has 0 bridgehead atoms. The van der Waals surface area contributed by atoms with E-state index in [9.17, 15) is 0 Å². The summed E-state index contributed by atoms with van der Waals surface area (Å²) in [6, 6.07) is 69.5. The highest BCUT2D eigenvalue weighted by molar-refractivity contribution is 6.23. The van der Waals surface area contributed by atoms with Crippen LogP contribution in [0.1, 0.15) is 0 Å². The highest BCUT2D eigenvalue weighted by Gasteiger charge is 2.14. The van der Waals surface area contributed by atoms with E-state index in [0.29, 0.717) is 0 Å². The van der Waals surface area contributed by atoms with E-state index in [0.717, 1.165) is 49.9 Å². The van der Waals surface area contributed by atoms with Crippen LogP contribution >= 0.6 is 0 Å². The van der Waals surface area contributed by atoms with Gasteiger partial charge in [0.05, 0.1) is 34.0 Å². The van der Waals surface area contributed by atoms with Gasteiger partial charge in [0, 0.05) is 32.8 Å². The Morgan fingerprint density at radius 1 is 0.309 bits per heavy atom. The number of fused-ring (bicyclic) bond motifs is 9. The lowest BCUT2D eigenvalue weighted by Gasteiger charge is -2.11. The number of aromatic nitrogens is 3. The molecule has 3 nitrogen and oxygen atoms in total. The first-order valence-electron chi connectivity index (χ1n) is 18.7. The topological polar surface area (TPSA) is 30.7 Å². The van der Waals surface area contributed by atoms with Crippen molar-refractivity contribution in [2.75, 3.05) is 0 Å². The zero-order valence-corrected chi connectivity index (χ0v) is 29.9. The van der Waals surface area contributed by atoms with E-state index in [4.69, 9.17) is 9.97 Å². The van der Waals surface area contributed by atoms with Gasteiger partial charge in [-0.25, -0.2) is 4.98 Å². The SMILES string of the molecule is c1cc(-c2ccc(-c3ccc(-c4cccc(-n5c6ccccc6c6ccccc65)c4)cc3)cc2)cc(-c2cnc3c4ccccc4c4ccccc4c3n2)c1. The van der Waals surface area contributed by atoms with Gasteiger partial charge < -0.3 is 4.57 Å². The Morgan fingerprint density at radius 2 is 0.745 bits per heavy atom. The van der Waals surface area contributed by atoms with Gasteiger partial charge in [0.15, 0.2) is 0 Å². The van der Waals surface area contributed by atoms with E-state index in [1.807, 2.05) is 6.20 Å². The van der Waals surface area contributed by atoms with Crippen LogP contribution in [0.2, 0.25) is 0 Å². The molecule has 0 fully saturated rings.